The summed E-state index contributed by atoms with van der Waals surface area (Å²) in [6.45, 7) is 4.79. The van der Waals surface area contributed by atoms with Gasteiger partial charge in [-0.05, 0) is 47.4 Å². The number of amides is 1. The van der Waals surface area contributed by atoms with E-state index in [-0.39, 0.29) is 16.7 Å². The van der Waals surface area contributed by atoms with Crippen LogP contribution in [-0.4, -0.2) is 36.5 Å². The first kappa shape index (κ1) is 22.9. The molecule has 0 aliphatic carbocycles. The van der Waals surface area contributed by atoms with Gasteiger partial charge in [-0.2, -0.15) is 4.72 Å². The van der Waals surface area contributed by atoms with Crippen LogP contribution in [0.2, 0.25) is 0 Å². The molecule has 0 aliphatic rings. The highest BCUT2D eigenvalue weighted by Gasteiger charge is 2.28. The number of carbonyl (C=O) groups excluding carboxylic acids is 1. The Kier molecular flexibility index (Phi) is 6.76. The van der Waals surface area contributed by atoms with Crippen molar-refractivity contribution in [1.82, 2.24) is 19.6 Å². The van der Waals surface area contributed by atoms with Crippen LogP contribution < -0.4 is 10.0 Å². The van der Waals surface area contributed by atoms with Crippen LogP contribution >= 0.6 is 0 Å². The molecule has 4 rings (SSSR count). The third kappa shape index (κ3) is 5.23. The van der Waals surface area contributed by atoms with Crippen molar-refractivity contribution in [3.8, 4) is 0 Å². The normalized spacial score (nSPS) is 12.9. The van der Waals surface area contributed by atoms with Crippen molar-refractivity contribution in [3.05, 3.63) is 73.1 Å². The summed E-state index contributed by atoms with van der Waals surface area (Å²) in [5.74, 6) is -0.539. The molecule has 1 unspecified atom stereocenters. The summed E-state index contributed by atoms with van der Waals surface area (Å²) in [5, 5.41) is 4.67. The van der Waals surface area contributed by atoms with E-state index in [2.05, 4.69) is 15.0 Å². The molecular weight excluding hydrogens is 436 g/mol. The van der Waals surface area contributed by atoms with Crippen molar-refractivity contribution in [2.45, 2.75) is 37.8 Å². The van der Waals surface area contributed by atoms with Crippen LogP contribution in [0, 0.1) is 5.92 Å². The van der Waals surface area contributed by atoms with E-state index in [0.29, 0.717) is 19.5 Å². The van der Waals surface area contributed by atoms with E-state index >= 15 is 0 Å². The second-order valence-corrected chi connectivity index (χ2v) is 10.1. The number of benzene rings is 3. The van der Waals surface area contributed by atoms with Crippen LogP contribution in [0.5, 0.6) is 0 Å². The smallest absolute Gasteiger partial charge is 0.241 e. The maximum absolute atomic E-state index is 13.0. The lowest BCUT2D eigenvalue weighted by Crippen LogP contribution is -2.49. The largest absolute Gasteiger partial charge is 0.355 e. The molecular formula is C25H28N4O3S. The van der Waals surface area contributed by atoms with E-state index < -0.39 is 16.1 Å². The summed E-state index contributed by atoms with van der Waals surface area (Å²) in [6, 6.07) is 19.6. The van der Waals surface area contributed by atoms with Crippen LogP contribution in [-0.2, 0) is 21.4 Å². The first-order valence-corrected chi connectivity index (χ1v) is 12.5. The summed E-state index contributed by atoms with van der Waals surface area (Å²) in [5.41, 5.74) is 1.98. The predicted molar refractivity (Wildman–Crippen MR) is 130 cm³/mol. The van der Waals surface area contributed by atoms with Crippen LogP contribution in [0.15, 0.2) is 78.0 Å². The monoisotopic (exact) mass is 464 g/mol. The zero-order valence-corrected chi connectivity index (χ0v) is 19.5. The van der Waals surface area contributed by atoms with E-state index in [9.17, 15) is 13.2 Å². The minimum Gasteiger partial charge on any atom is -0.355 e. The van der Waals surface area contributed by atoms with Gasteiger partial charge in [0.1, 0.15) is 6.04 Å². The standard InChI is InChI=1S/C25H28N4O3S/c1-18(2)24(28-33(31,32)21-13-12-19-8-3-4-9-20(19)16-21)25(30)26-14-7-15-29-17-27-22-10-5-6-11-23(22)29/h3-6,8-13,16-18,24,28H,7,14-15H2,1-2H3,(H,26,30). The Balaban J connectivity index is 1.38. The third-order valence-corrected chi connectivity index (χ3v) is 7.10. The third-order valence-electron chi connectivity index (χ3n) is 5.66. The Bertz CT molecular complexity index is 1380. The second-order valence-electron chi connectivity index (χ2n) is 8.42. The van der Waals surface area contributed by atoms with Crippen LogP contribution in [0.25, 0.3) is 21.8 Å². The van der Waals surface area contributed by atoms with Gasteiger partial charge in [0.15, 0.2) is 0 Å². The highest BCUT2D eigenvalue weighted by molar-refractivity contribution is 7.89. The van der Waals surface area contributed by atoms with Crippen molar-refractivity contribution >= 4 is 37.7 Å². The number of para-hydroxylation sites is 2. The highest BCUT2D eigenvalue weighted by atomic mass is 32.2. The first-order chi connectivity index (χ1) is 15.8. The average molecular weight is 465 g/mol. The Morgan fingerprint density at radius 1 is 1.00 bits per heavy atom. The van der Waals surface area contributed by atoms with E-state index in [1.54, 1.807) is 24.5 Å². The minimum atomic E-state index is -3.85. The van der Waals surface area contributed by atoms with Crippen LogP contribution in [0.3, 0.4) is 0 Å². The molecule has 1 aromatic heterocycles. The average Bonchev–Trinajstić information content (AvgIpc) is 3.23. The fraction of sp³-hybridized carbons (Fsp3) is 0.280. The topological polar surface area (TPSA) is 93.1 Å². The summed E-state index contributed by atoms with van der Waals surface area (Å²) in [4.78, 5) is 17.3. The molecule has 1 amide bonds. The molecule has 33 heavy (non-hydrogen) atoms. The van der Waals surface area contributed by atoms with Crippen LogP contribution in [0.4, 0.5) is 0 Å². The van der Waals surface area contributed by atoms with Crippen molar-refractivity contribution in [2.24, 2.45) is 5.92 Å². The Morgan fingerprint density at radius 3 is 2.52 bits per heavy atom. The van der Waals surface area contributed by atoms with Gasteiger partial charge in [0.05, 0.1) is 22.3 Å². The van der Waals surface area contributed by atoms with E-state index in [1.807, 2.05) is 66.9 Å². The summed E-state index contributed by atoms with van der Waals surface area (Å²) in [6.07, 6.45) is 2.50. The number of hydrogen-bond acceptors (Lipinski definition) is 4. The Morgan fingerprint density at radius 2 is 1.73 bits per heavy atom. The van der Waals surface area contributed by atoms with E-state index in [4.69, 9.17) is 0 Å². The molecule has 0 radical (unpaired) electrons. The number of nitrogens with one attached hydrogen (secondary N) is 2. The molecule has 0 aliphatic heterocycles. The summed E-state index contributed by atoms with van der Waals surface area (Å²) in [7, 11) is -3.85. The molecule has 0 saturated carbocycles. The number of sulfonamides is 1. The van der Waals surface area contributed by atoms with Gasteiger partial charge in [0.25, 0.3) is 0 Å². The number of imidazole rings is 1. The zero-order valence-electron chi connectivity index (χ0n) is 18.7. The number of hydrogen-bond donors (Lipinski definition) is 2. The Hall–Kier alpha value is -3.23. The number of fused-ring (bicyclic) bond motifs is 2. The number of aryl methyl sites for hydroxylation is 1. The molecule has 7 nitrogen and oxygen atoms in total. The first-order valence-electron chi connectivity index (χ1n) is 11.0. The van der Waals surface area contributed by atoms with Gasteiger partial charge in [0, 0.05) is 13.1 Å². The molecule has 172 valence electrons. The Labute approximate surface area is 193 Å². The predicted octanol–water partition coefficient (Wildman–Crippen LogP) is 3.70. The van der Waals surface area contributed by atoms with Gasteiger partial charge in [-0.3, -0.25) is 4.79 Å². The van der Waals surface area contributed by atoms with E-state index in [0.717, 1.165) is 21.8 Å². The minimum absolute atomic E-state index is 0.145. The quantitative estimate of drug-likeness (QED) is 0.370. The molecule has 2 N–H and O–H groups in total. The van der Waals surface area contributed by atoms with Gasteiger partial charge < -0.3 is 9.88 Å². The highest BCUT2D eigenvalue weighted by Crippen LogP contribution is 2.20. The van der Waals surface area contributed by atoms with Crippen LogP contribution in [0.1, 0.15) is 20.3 Å². The zero-order chi connectivity index (χ0) is 23.4. The maximum Gasteiger partial charge on any atom is 0.241 e. The van der Waals surface area contributed by atoms with Gasteiger partial charge in [0.2, 0.25) is 15.9 Å². The molecule has 4 aromatic rings. The number of carbonyl (C=O) groups is 1. The molecule has 0 saturated heterocycles. The number of aromatic nitrogens is 2. The molecule has 0 fully saturated rings. The number of rotatable bonds is 9. The van der Waals surface area contributed by atoms with Crippen molar-refractivity contribution in [3.63, 3.8) is 0 Å². The second kappa shape index (κ2) is 9.72. The van der Waals surface area contributed by atoms with Crippen molar-refractivity contribution < 1.29 is 13.2 Å². The molecule has 8 heteroatoms. The van der Waals surface area contributed by atoms with E-state index in [1.165, 1.54) is 0 Å². The summed E-state index contributed by atoms with van der Waals surface area (Å²) < 4.78 is 30.6. The fourth-order valence-electron chi connectivity index (χ4n) is 3.82. The number of nitrogens with zero attached hydrogens (tertiary/aromatic N) is 2. The van der Waals surface area contributed by atoms with Crippen molar-refractivity contribution in [2.75, 3.05) is 6.54 Å². The molecule has 3 aromatic carbocycles. The molecule has 0 spiro atoms. The SMILES string of the molecule is CC(C)C(NS(=O)(=O)c1ccc2ccccc2c1)C(=O)NCCCn1cnc2ccccc21. The lowest BCUT2D eigenvalue weighted by molar-refractivity contribution is -0.123. The lowest BCUT2D eigenvalue weighted by atomic mass is 10.1. The summed E-state index contributed by atoms with van der Waals surface area (Å²) >= 11 is 0. The lowest BCUT2D eigenvalue weighted by Gasteiger charge is -2.22. The van der Waals surface area contributed by atoms with Gasteiger partial charge in [-0.15, -0.1) is 0 Å². The maximum atomic E-state index is 13.0. The molecule has 1 atom stereocenters. The van der Waals surface area contributed by atoms with Gasteiger partial charge in [-0.1, -0.05) is 56.3 Å². The molecule has 1 heterocycles. The van der Waals surface area contributed by atoms with Gasteiger partial charge >= 0.3 is 0 Å². The molecule has 0 bridgehead atoms. The van der Waals surface area contributed by atoms with Gasteiger partial charge in [-0.25, -0.2) is 13.4 Å². The fourth-order valence-corrected chi connectivity index (χ4v) is 5.20. The van der Waals surface area contributed by atoms with Crippen molar-refractivity contribution in [1.29, 1.82) is 0 Å².